The minimum absolute atomic E-state index is 0.0967. The first kappa shape index (κ1) is 17.4. The van der Waals surface area contributed by atoms with Crippen molar-refractivity contribution in [3.8, 4) is 5.69 Å². The molecule has 0 atom stereocenters. The van der Waals surface area contributed by atoms with Gasteiger partial charge in [-0.3, -0.25) is 14.4 Å². The monoisotopic (exact) mass is 369 g/mol. The number of carbonyl (C=O) groups is 1. The summed E-state index contributed by atoms with van der Waals surface area (Å²) in [6.45, 7) is 3.13. The molecule has 0 radical (unpaired) electrons. The largest absolute Gasteiger partial charge is 0.481 e. The molecule has 27 heavy (non-hydrogen) atoms. The molecule has 3 aromatic rings. The zero-order valence-corrected chi connectivity index (χ0v) is 14.8. The Kier molecular flexibility index (Phi) is 4.72. The van der Waals surface area contributed by atoms with Crippen LogP contribution in [0.3, 0.4) is 0 Å². The number of fused-ring (bicyclic) bond motifs is 1. The van der Waals surface area contributed by atoms with Gasteiger partial charge in [-0.15, -0.1) is 0 Å². The van der Waals surface area contributed by atoms with E-state index in [0.717, 1.165) is 43.1 Å². The lowest BCUT2D eigenvalue weighted by Crippen LogP contribution is -2.33. The number of hydrogen-bond donors (Lipinski definition) is 1. The number of aromatic nitrogens is 4. The average Bonchev–Trinajstić information content (AvgIpc) is 3.26. The lowest BCUT2D eigenvalue weighted by molar-refractivity contribution is -0.136. The van der Waals surface area contributed by atoms with Crippen LogP contribution in [0.4, 0.5) is 4.39 Å². The molecular weight excluding hydrogens is 349 g/mol. The molecule has 0 amide bonds. The van der Waals surface area contributed by atoms with E-state index < -0.39 is 5.97 Å². The van der Waals surface area contributed by atoms with E-state index >= 15 is 0 Å². The van der Waals surface area contributed by atoms with Crippen LogP contribution < -0.4 is 0 Å². The van der Waals surface area contributed by atoms with E-state index in [1.165, 1.54) is 12.1 Å². The van der Waals surface area contributed by atoms with Crippen LogP contribution >= 0.6 is 0 Å². The second-order valence-corrected chi connectivity index (χ2v) is 6.73. The number of nitrogens with zero attached hydrogens (tertiary/aromatic N) is 5. The SMILES string of the molecule is O=C(O)CCc1cc2n(n1)CCN(Cc1cnn(-c3cccc(F)c3)c1)C2. The van der Waals surface area contributed by atoms with Crippen molar-refractivity contribution in [1.82, 2.24) is 24.5 Å². The molecule has 1 aliphatic heterocycles. The van der Waals surface area contributed by atoms with Crippen LogP contribution in [0.1, 0.15) is 23.4 Å². The van der Waals surface area contributed by atoms with Crippen LogP contribution in [-0.2, 0) is 30.8 Å². The summed E-state index contributed by atoms with van der Waals surface area (Å²) in [6, 6.07) is 8.34. The Hall–Kier alpha value is -3.00. The van der Waals surface area contributed by atoms with Crippen molar-refractivity contribution < 1.29 is 14.3 Å². The molecule has 1 aromatic carbocycles. The van der Waals surface area contributed by atoms with Crippen molar-refractivity contribution >= 4 is 5.97 Å². The Bertz CT molecular complexity index is 965. The van der Waals surface area contributed by atoms with E-state index in [-0.39, 0.29) is 12.2 Å². The first-order chi connectivity index (χ1) is 13.1. The fourth-order valence-electron chi connectivity index (χ4n) is 3.33. The molecule has 3 heterocycles. The zero-order chi connectivity index (χ0) is 18.8. The van der Waals surface area contributed by atoms with E-state index in [1.807, 2.05) is 23.0 Å². The lowest BCUT2D eigenvalue weighted by atomic mass is 10.2. The number of aryl methyl sites for hydroxylation is 1. The summed E-state index contributed by atoms with van der Waals surface area (Å²) in [5.74, 6) is -1.09. The van der Waals surface area contributed by atoms with Gasteiger partial charge in [-0.25, -0.2) is 9.07 Å². The highest BCUT2D eigenvalue weighted by molar-refractivity contribution is 5.66. The molecule has 0 bridgehead atoms. The molecule has 4 rings (SSSR count). The molecule has 0 saturated carbocycles. The summed E-state index contributed by atoms with van der Waals surface area (Å²) < 4.78 is 17.0. The molecular formula is C19H20FN5O2. The third-order valence-corrected chi connectivity index (χ3v) is 4.64. The Morgan fingerprint density at radius 1 is 1.26 bits per heavy atom. The van der Waals surface area contributed by atoms with Crippen LogP contribution in [0.2, 0.25) is 0 Å². The predicted molar refractivity (Wildman–Crippen MR) is 95.8 cm³/mol. The highest BCUT2D eigenvalue weighted by atomic mass is 19.1. The number of benzene rings is 1. The van der Waals surface area contributed by atoms with Crippen LogP contribution in [0, 0.1) is 5.82 Å². The fraction of sp³-hybridized carbons (Fsp3) is 0.316. The highest BCUT2D eigenvalue weighted by Crippen LogP contribution is 2.18. The third-order valence-electron chi connectivity index (χ3n) is 4.64. The number of halogens is 1. The first-order valence-corrected chi connectivity index (χ1v) is 8.86. The lowest BCUT2D eigenvalue weighted by Gasteiger charge is -2.26. The van der Waals surface area contributed by atoms with Gasteiger partial charge in [0.2, 0.25) is 0 Å². The summed E-state index contributed by atoms with van der Waals surface area (Å²) >= 11 is 0. The summed E-state index contributed by atoms with van der Waals surface area (Å²) in [4.78, 5) is 13.0. The van der Waals surface area contributed by atoms with Crippen LogP contribution in [0.15, 0.2) is 42.7 Å². The molecule has 7 nitrogen and oxygen atoms in total. The quantitative estimate of drug-likeness (QED) is 0.721. The molecule has 2 aromatic heterocycles. The van der Waals surface area contributed by atoms with Crippen LogP contribution in [0.25, 0.3) is 5.69 Å². The third kappa shape index (κ3) is 4.06. The summed E-state index contributed by atoms with van der Waals surface area (Å²) in [6.07, 6.45) is 4.27. The van der Waals surface area contributed by atoms with E-state index in [4.69, 9.17) is 5.11 Å². The number of aliphatic carboxylic acids is 1. The molecule has 140 valence electrons. The molecule has 0 fully saturated rings. The van der Waals surface area contributed by atoms with Gasteiger partial charge in [0.25, 0.3) is 0 Å². The van der Waals surface area contributed by atoms with Crippen molar-refractivity contribution in [2.24, 2.45) is 0 Å². The van der Waals surface area contributed by atoms with Gasteiger partial charge in [-0.2, -0.15) is 10.2 Å². The van der Waals surface area contributed by atoms with Crippen molar-refractivity contribution in [2.75, 3.05) is 6.54 Å². The summed E-state index contributed by atoms with van der Waals surface area (Å²) in [5.41, 5.74) is 3.67. The van der Waals surface area contributed by atoms with Gasteiger partial charge in [0.15, 0.2) is 0 Å². The van der Waals surface area contributed by atoms with E-state index in [0.29, 0.717) is 12.1 Å². The Morgan fingerprint density at radius 3 is 2.96 bits per heavy atom. The van der Waals surface area contributed by atoms with E-state index in [1.54, 1.807) is 16.9 Å². The average molecular weight is 369 g/mol. The molecule has 8 heteroatoms. The molecule has 0 unspecified atom stereocenters. The van der Waals surface area contributed by atoms with Gasteiger partial charge in [-0.1, -0.05) is 6.07 Å². The van der Waals surface area contributed by atoms with Gasteiger partial charge >= 0.3 is 5.97 Å². The molecule has 0 aliphatic carbocycles. The maximum absolute atomic E-state index is 13.4. The van der Waals surface area contributed by atoms with Gasteiger partial charge in [0, 0.05) is 37.8 Å². The molecule has 0 spiro atoms. The standard InChI is InChI=1S/C19H20FN5O2/c20-15-2-1-3-17(8-15)25-12-14(10-21-25)11-23-6-7-24-18(13-23)9-16(22-24)4-5-19(26)27/h1-3,8-10,12H,4-7,11,13H2,(H,26,27). The van der Waals surface area contributed by atoms with Crippen molar-refractivity contribution in [3.05, 3.63) is 65.5 Å². The molecule has 1 N–H and O–H groups in total. The number of carboxylic acid groups (broad SMARTS) is 1. The van der Waals surface area contributed by atoms with Crippen molar-refractivity contribution in [3.63, 3.8) is 0 Å². The summed E-state index contributed by atoms with van der Waals surface area (Å²) in [7, 11) is 0. The second kappa shape index (κ2) is 7.32. The Labute approximate surface area is 155 Å². The number of hydrogen-bond acceptors (Lipinski definition) is 4. The van der Waals surface area contributed by atoms with Gasteiger partial charge in [-0.05, 0) is 24.3 Å². The highest BCUT2D eigenvalue weighted by Gasteiger charge is 2.19. The van der Waals surface area contributed by atoms with E-state index in [9.17, 15) is 9.18 Å². The van der Waals surface area contributed by atoms with E-state index in [2.05, 4.69) is 15.1 Å². The minimum atomic E-state index is -0.807. The number of carboxylic acids is 1. The normalized spacial score (nSPS) is 14.3. The van der Waals surface area contributed by atoms with Gasteiger partial charge < -0.3 is 5.11 Å². The smallest absolute Gasteiger partial charge is 0.303 e. The zero-order valence-electron chi connectivity index (χ0n) is 14.8. The fourth-order valence-corrected chi connectivity index (χ4v) is 3.33. The van der Waals surface area contributed by atoms with Crippen LogP contribution in [0.5, 0.6) is 0 Å². The second-order valence-electron chi connectivity index (χ2n) is 6.73. The predicted octanol–water partition coefficient (Wildman–Crippen LogP) is 2.24. The topological polar surface area (TPSA) is 76.2 Å². The number of rotatable bonds is 6. The minimum Gasteiger partial charge on any atom is -0.481 e. The maximum Gasteiger partial charge on any atom is 0.303 e. The maximum atomic E-state index is 13.4. The Morgan fingerprint density at radius 2 is 2.15 bits per heavy atom. The molecule has 1 aliphatic rings. The van der Waals surface area contributed by atoms with Crippen LogP contribution in [-0.4, -0.2) is 42.1 Å². The Balaban J connectivity index is 1.41. The van der Waals surface area contributed by atoms with Crippen molar-refractivity contribution in [1.29, 1.82) is 0 Å². The molecule has 0 saturated heterocycles. The van der Waals surface area contributed by atoms with Gasteiger partial charge in [0.1, 0.15) is 5.82 Å². The van der Waals surface area contributed by atoms with Gasteiger partial charge in [0.05, 0.1) is 36.2 Å². The van der Waals surface area contributed by atoms with Crippen molar-refractivity contribution in [2.45, 2.75) is 32.5 Å². The first-order valence-electron chi connectivity index (χ1n) is 8.86. The summed E-state index contributed by atoms with van der Waals surface area (Å²) in [5, 5.41) is 17.6.